The molecule has 2 aliphatic rings. The number of benzene rings is 3. The lowest BCUT2D eigenvalue weighted by Crippen LogP contribution is -2.29. The van der Waals surface area contributed by atoms with Gasteiger partial charge in [-0.1, -0.05) is 79.7 Å². The first-order valence-electron chi connectivity index (χ1n) is 11.5. The molecule has 3 aromatic rings. The van der Waals surface area contributed by atoms with E-state index in [0.717, 1.165) is 0 Å². The smallest absolute Gasteiger partial charge is 0.0333 e. The van der Waals surface area contributed by atoms with Crippen molar-refractivity contribution in [1.29, 1.82) is 0 Å². The molecule has 0 bridgehead atoms. The predicted molar refractivity (Wildman–Crippen MR) is 147 cm³/mol. The second-order valence-electron chi connectivity index (χ2n) is 12.1. The summed E-state index contributed by atoms with van der Waals surface area (Å²) in [6.45, 7) is 18.6. The first-order chi connectivity index (χ1) is 14.7. The highest BCUT2D eigenvalue weighted by Gasteiger charge is 2.35. The van der Waals surface area contributed by atoms with E-state index < -0.39 is 0 Å². The summed E-state index contributed by atoms with van der Waals surface area (Å²) in [6.07, 6.45) is 9.49. The van der Waals surface area contributed by atoms with Gasteiger partial charge in [0, 0.05) is 30.6 Å². The van der Waals surface area contributed by atoms with Crippen LogP contribution in [0.25, 0.3) is 21.5 Å². The van der Waals surface area contributed by atoms with E-state index in [-0.39, 0.29) is 21.7 Å². The molecule has 5 rings (SSSR count). The van der Waals surface area contributed by atoms with E-state index in [1.807, 2.05) is 0 Å². The summed E-state index contributed by atoms with van der Waals surface area (Å²) in [4.78, 5) is 0. The van der Waals surface area contributed by atoms with Gasteiger partial charge in [0.2, 0.25) is 0 Å². The highest BCUT2D eigenvalue weighted by atomic mass is 79.9. The van der Waals surface area contributed by atoms with Gasteiger partial charge in [0.15, 0.2) is 0 Å². The molecule has 2 heteroatoms. The molecule has 0 spiro atoms. The van der Waals surface area contributed by atoms with E-state index in [2.05, 4.69) is 136 Å². The molecule has 0 N–H and O–H groups in total. The minimum atomic E-state index is 0.0204. The second-order valence-corrected chi connectivity index (χ2v) is 13.7. The van der Waals surface area contributed by atoms with Crippen LogP contribution in [0.3, 0.4) is 0 Å². The van der Waals surface area contributed by atoms with E-state index in [0.29, 0.717) is 0 Å². The number of allylic oxidation sites excluding steroid dienone is 4. The lowest BCUT2D eigenvalue weighted by atomic mass is 9.66. The van der Waals surface area contributed by atoms with Crippen molar-refractivity contribution in [1.82, 2.24) is 0 Å². The van der Waals surface area contributed by atoms with Gasteiger partial charge in [-0.2, -0.15) is 0 Å². The van der Waals surface area contributed by atoms with Gasteiger partial charge in [-0.3, -0.25) is 0 Å². The van der Waals surface area contributed by atoms with Crippen LogP contribution in [0.15, 0.2) is 57.5 Å². The van der Waals surface area contributed by atoms with Crippen LogP contribution in [-0.4, -0.2) is 0 Å². The summed E-state index contributed by atoms with van der Waals surface area (Å²) in [7, 11) is 0. The molecule has 0 nitrogen and oxygen atoms in total. The number of halogens is 2. The summed E-state index contributed by atoms with van der Waals surface area (Å²) in [6, 6.07) is 9.72. The normalized spacial score (nSPS) is 21.6. The Labute approximate surface area is 209 Å². The van der Waals surface area contributed by atoms with Gasteiger partial charge in [0.05, 0.1) is 0 Å². The third-order valence-corrected chi connectivity index (χ3v) is 9.58. The van der Waals surface area contributed by atoms with Crippen molar-refractivity contribution in [2.45, 2.75) is 77.0 Å². The fraction of sp³-hybridized carbons (Fsp3) is 0.400. The molecule has 166 valence electrons. The third kappa shape index (κ3) is 3.05. The summed E-state index contributed by atoms with van der Waals surface area (Å²) in [5.41, 5.74) is 5.77. The third-order valence-electron chi connectivity index (χ3n) is 7.87. The Morgan fingerprint density at radius 3 is 0.781 bits per heavy atom. The molecule has 0 heterocycles. The van der Waals surface area contributed by atoms with E-state index in [1.165, 1.54) is 52.7 Å². The lowest BCUT2D eigenvalue weighted by Gasteiger charge is -2.38. The highest BCUT2D eigenvalue weighted by Crippen LogP contribution is 2.50. The molecule has 32 heavy (non-hydrogen) atoms. The molecule has 0 saturated carbocycles. The van der Waals surface area contributed by atoms with Crippen molar-refractivity contribution in [3.05, 3.63) is 79.8 Å². The van der Waals surface area contributed by atoms with Gasteiger partial charge in [-0.05, 0) is 99.9 Å². The first-order valence-corrected chi connectivity index (χ1v) is 13.1. The molecule has 3 aromatic carbocycles. The van der Waals surface area contributed by atoms with E-state index >= 15 is 0 Å². The molecular weight excluding hydrogens is 520 g/mol. The number of rotatable bonds is 0. The van der Waals surface area contributed by atoms with E-state index in [4.69, 9.17) is 0 Å². The van der Waals surface area contributed by atoms with Crippen molar-refractivity contribution in [3.63, 3.8) is 0 Å². The minimum absolute atomic E-state index is 0.0204. The van der Waals surface area contributed by atoms with Crippen molar-refractivity contribution in [3.8, 4) is 0 Å². The molecule has 2 aliphatic carbocycles. The monoisotopic (exact) mass is 550 g/mol. The molecule has 0 unspecified atom stereocenters. The zero-order chi connectivity index (χ0) is 23.4. The average Bonchev–Trinajstić information content (AvgIpc) is 2.71. The van der Waals surface area contributed by atoms with E-state index in [1.54, 1.807) is 0 Å². The van der Waals surface area contributed by atoms with Crippen molar-refractivity contribution in [2.24, 2.45) is 0 Å². The van der Waals surface area contributed by atoms with Crippen molar-refractivity contribution >= 4 is 53.4 Å². The lowest BCUT2D eigenvalue weighted by molar-refractivity contribution is 0.564. The van der Waals surface area contributed by atoms with Crippen LogP contribution in [0.1, 0.15) is 77.6 Å². The molecule has 0 atom stereocenters. The molecule has 0 aliphatic heterocycles. The van der Waals surface area contributed by atoms with Crippen LogP contribution in [0, 0.1) is 0 Å². The van der Waals surface area contributed by atoms with Gasteiger partial charge in [0.25, 0.3) is 0 Å². The maximum Gasteiger partial charge on any atom is 0.0333 e. The molecule has 0 fully saturated rings. The van der Waals surface area contributed by atoms with Gasteiger partial charge in [-0.15, -0.1) is 0 Å². The Balaban J connectivity index is 1.93. The average molecular weight is 552 g/mol. The summed E-state index contributed by atoms with van der Waals surface area (Å²) >= 11 is 8.10. The zero-order valence-electron chi connectivity index (χ0n) is 20.4. The molecule has 0 saturated heterocycles. The van der Waals surface area contributed by atoms with Crippen LogP contribution >= 0.6 is 31.9 Å². The van der Waals surface area contributed by atoms with Crippen LogP contribution < -0.4 is 0 Å². The van der Waals surface area contributed by atoms with Gasteiger partial charge in [-0.25, -0.2) is 0 Å². The van der Waals surface area contributed by atoms with Gasteiger partial charge < -0.3 is 0 Å². The Morgan fingerprint density at radius 2 is 0.594 bits per heavy atom. The van der Waals surface area contributed by atoms with Crippen LogP contribution in [-0.2, 0) is 21.7 Å². The SMILES string of the molecule is CC1(C)C=CC(C)(C)c2cc3c(Br)c4cc5c(cc4c(Br)c3cc21)C(C)(C)C=CC5(C)C. The Bertz CT molecular complexity index is 1170. The summed E-state index contributed by atoms with van der Waals surface area (Å²) in [5, 5.41) is 5.13. The summed E-state index contributed by atoms with van der Waals surface area (Å²) in [5.74, 6) is 0. The summed E-state index contributed by atoms with van der Waals surface area (Å²) < 4.78 is 2.39. The van der Waals surface area contributed by atoms with Gasteiger partial charge >= 0.3 is 0 Å². The number of hydrogen-bond acceptors (Lipinski definition) is 0. The largest absolute Gasteiger partial charge is 0.0776 e. The first kappa shape index (κ1) is 22.4. The fourth-order valence-electron chi connectivity index (χ4n) is 5.54. The van der Waals surface area contributed by atoms with Gasteiger partial charge in [0.1, 0.15) is 0 Å². The Hall–Kier alpha value is -1.38. The maximum absolute atomic E-state index is 4.05. The topological polar surface area (TPSA) is 0 Å². The van der Waals surface area contributed by atoms with Crippen molar-refractivity contribution < 1.29 is 0 Å². The molecule has 0 radical (unpaired) electrons. The molecule has 0 amide bonds. The van der Waals surface area contributed by atoms with Crippen LogP contribution in [0.5, 0.6) is 0 Å². The van der Waals surface area contributed by atoms with E-state index in [9.17, 15) is 0 Å². The van der Waals surface area contributed by atoms with Crippen LogP contribution in [0.2, 0.25) is 0 Å². The Morgan fingerprint density at radius 1 is 0.406 bits per heavy atom. The molecule has 0 aromatic heterocycles. The number of fused-ring (bicyclic) bond motifs is 4. The minimum Gasteiger partial charge on any atom is -0.0776 e. The van der Waals surface area contributed by atoms with Crippen molar-refractivity contribution in [2.75, 3.05) is 0 Å². The highest BCUT2D eigenvalue weighted by molar-refractivity contribution is 9.11. The second kappa shape index (κ2) is 6.60. The maximum atomic E-state index is 4.05. The van der Waals surface area contributed by atoms with Crippen LogP contribution in [0.4, 0.5) is 0 Å². The number of hydrogen-bond donors (Lipinski definition) is 0. The predicted octanol–water partition coefficient (Wildman–Crippen LogP) is 9.77. The standard InChI is InChI=1S/C30H32Br2/c1-27(2)9-10-28(3,4)22-14-18-17(13-21(22)27)25(31)19-15-23-24(16-20(19)26(18)32)30(7,8)12-11-29(23,5)6/h9-16H,1-8H3. The molecular formula is C30H32Br2. The zero-order valence-corrected chi connectivity index (χ0v) is 23.5. The fourth-order valence-corrected chi connectivity index (χ4v) is 6.85. The Kier molecular flexibility index (Phi) is 4.62. The quantitative estimate of drug-likeness (QED) is 0.192.